The molecule has 2 rings (SSSR count). The third-order valence-electron chi connectivity index (χ3n) is 1.51. The maximum atomic E-state index is 5.52. The molecule has 0 aliphatic rings. The summed E-state index contributed by atoms with van der Waals surface area (Å²) >= 11 is 9.81. The molecule has 0 amide bonds. The highest BCUT2D eigenvalue weighted by Crippen LogP contribution is 2.26. The first-order chi connectivity index (χ1) is 6.65. The molecule has 0 aromatic carbocycles. The summed E-state index contributed by atoms with van der Waals surface area (Å²) in [5, 5.41) is 1.96. The van der Waals surface area contributed by atoms with Crippen LogP contribution in [0.15, 0.2) is 15.2 Å². The second-order valence-electron chi connectivity index (χ2n) is 2.50. The maximum absolute atomic E-state index is 5.52. The second kappa shape index (κ2) is 3.76. The highest BCUT2D eigenvalue weighted by Gasteiger charge is 2.03. The van der Waals surface area contributed by atoms with Crippen molar-refractivity contribution in [2.45, 2.75) is 0 Å². The van der Waals surface area contributed by atoms with Crippen LogP contribution in [-0.2, 0) is 0 Å². The van der Waals surface area contributed by atoms with Crippen molar-refractivity contribution in [1.82, 2.24) is 15.0 Å². The van der Waals surface area contributed by atoms with Gasteiger partial charge in [0.15, 0.2) is 0 Å². The molecule has 2 aromatic rings. The number of aromatic amines is 1. The smallest absolute Gasteiger partial charge is 0.224 e. The van der Waals surface area contributed by atoms with Gasteiger partial charge in [-0.3, -0.25) is 0 Å². The molecule has 2 aromatic heterocycles. The van der Waals surface area contributed by atoms with E-state index in [1.54, 1.807) is 11.3 Å². The molecule has 0 aliphatic carbocycles. The summed E-state index contributed by atoms with van der Waals surface area (Å²) in [5.41, 5.74) is 6.47. The van der Waals surface area contributed by atoms with Gasteiger partial charge in [0.1, 0.15) is 5.82 Å². The molecular formula is C7H5BrN4S2. The van der Waals surface area contributed by atoms with Crippen molar-refractivity contribution in [2.75, 3.05) is 5.73 Å². The number of nitrogens with one attached hydrogen (secondary N) is 1. The van der Waals surface area contributed by atoms with E-state index >= 15 is 0 Å². The molecule has 3 N–H and O–H groups in total. The van der Waals surface area contributed by atoms with E-state index in [1.807, 2.05) is 11.4 Å². The van der Waals surface area contributed by atoms with Crippen LogP contribution in [0, 0.1) is 4.77 Å². The normalized spacial score (nSPS) is 10.4. The van der Waals surface area contributed by atoms with E-state index in [4.69, 9.17) is 18.0 Å². The van der Waals surface area contributed by atoms with E-state index in [0.717, 1.165) is 9.35 Å². The summed E-state index contributed by atoms with van der Waals surface area (Å²) in [6, 6.07) is 1.94. The molecule has 2 heterocycles. The van der Waals surface area contributed by atoms with Gasteiger partial charge < -0.3 is 10.7 Å². The van der Waals surface area contributed by atoms with Crippen LogP contribution in [0.2, 0.25) is 0 Å². The number of halogens is 1. The van der Waals surface area contributed by atoms with Crippen LogP contribution in [0.1, 0.15) is 0 Å². The minimum atomic E-state index is 0.249. The average Bonchev–Trinajstić information content (AvgIpc) is 2.50. The van der Waals surface area contributed by atoms with E-state index < -0.39 is 0 Å². The van der Waals surface area contributed by atoms with Gasteiger partial charge in [0.2, 0.25) is 10.7 Å². The Morgan fingerprint density at radius 3 is 2.86 bits per heavy atom. The molecule has 0 saturated heterocycles. The molecule has 0 bridgehead atoms. The van der Waals surface area contributed by atoms with Gasteiger partial charge >= 0.3 is 0 Å². The second-order valence-corrected chi connectivity index (χ2v) is 5.16. The maximum Gasteiger partial charge on any atom is 0.224 e. The first-order valence-electron chi connectivity index (χ1n) is 3.63. The van der Waals surface area contributed by atoms with E-state index in [2.05, 4.69) is 30.9 Å². The van der Waals surface area contributed by atoms with Crippen LogP contribution < -0.4 is 5.73 Å². The first-order valence-corrected chi connectivity index (χ1v) is 5.71. The van der Waals surface area contributed by atoms with Crippen molar-refractivity contribution in [3.8, 4) is 11.4 Å². The molecule has 0 atom stereocenters. The Balaban J connectivity index is 2.56. The molecule has 72 valence electrons. The number of nitrogens with two attached hydrogens (primary N) is 1. The predicted molar refractivity (Wildman–Crippen MR) is 62.6 cm³/mol. The minimum Gasteiger partial charge on any atom is -0.369 e. The lowest BCUT2D eigenvalue weighted by Crippen LogP contribution is -1.99. The predicted octanol–water partition coefficient (Wildman–Crippen LogP) is 2.61. The zero-order valence-electron chi connectivity index (χ0n) is 6.82. The number of nitrogens with zero attached hydrogens (tertiary/aromatic N) is 2. The van der Waals surface area contributed by atoms with Gasteiger partial charge in [0.25, 0.3) is 0 Å². The van der Waals surface area contributed by atoms with E-state index in [-0.39, 0.29) is 10.7 Å². The van der Waals surface area contributed by atoms with E-state index in [0.29, 0.717) is 5.82 Å². The van der Waals surface area contributed by atoms with E-state index in [9.17, 15) is 0 Å². The Hall–Kier alpha value is -0.790. The fraction of sp³-hybridized carbons (Fsp3) is 0. The van der Waals surface area contributed by atoms with Crippen molar-refractivity contribution >= 4 is 45.4 Å². The minimum absolute atomic E-state index is 0.249. The zero-order chi connectivity index (χ0) is 10.1. The molecule has 0 spiro atoms. The van der Waals surface area contributed by atoms with Crippen LogP contribution in [0.4, 0.5) is 5.95 Å². The van der Waals surface area contributed by atoms with Crippen LogP contribution in [0.25, 0.3) is 11.4 Å². The van der Waals surface area contributed by atoms with Crippen molar-refractivity contribution < 1.29 is 0 Å². The number of hydrogen-bond donors (Lipinski definition) is 2. The van der Waals surface area contributed by atoms with Crippen LogP contribution >= 0.6 is 39.5 Å². The molecule has 0 saturated carbocycles. The van der Waals surface area contributed by atoms with Crippen molar-refractivity contribution in [1.29, 1.82) is 0 Å². The van der Waals surface area contributed by atoms with Gasteiger partial charge in [0.05, 0.1) is 3.79 Å². The zero-order valence-corrected chi connectivity index (χ0v) is 10.0. The summed E-state index contributed by atoms with van der Waals surface area (Å²) in [7, 11) is 0. The lowest BCUT2D eigenvalue weighted by atomic mass is 10.3. The standard InChI is InChI=1S/C7H5BrN4S2/c8-4-1-3(2-14-4)5-10-6(9)12-7(13)11-5/h1-2H,(H3,9,10,11,12,13). The fourth-order valence-corrected chi connectivity index (χ4v) is 2.30. The number of nitrogen functional groups attached to an aromatic ring is 1. The third kappa shape index (κ3) is 1.99. The number of rotatable bonds is 1. The van der Waals surface area contributed by atoms with Crippen LogP contribution in [0.5, 0.6) is 0 Å². The third-order valence-corrected chi connectivity index (χ3v) is 3.20. The molecule has 14 heavy (non-hydrogen) atoms. The van der Waals surface area contributed by atoms with Crippen molar-refractivity contribution in [2.24, 2.45) is 0 Å². The Morgan fingerprint density at radius 2 is 2.29 bits per heavy atom. The summed E-state index contributed by atoms with van der Waals surface area (Å²) in [6.07, 6.45) is 0. The molecule has 0 radical (unpaired) electrons. The largest absolute Gasteiger partial charge is 0.369 e. The lowest BCUT2D eigenvalue weighted by molar-refractivity contribution is 1.05. The molecule has 7 heteroatoms. The SMILES string of the molecule is Nc1nc(=S)nc(-c2csc(Br)c2)[nH]1. The van der Waals surface area contributed by atoms with Gasteiger partial charge in [-0.25, -0.2) is 4.98 Å². The summed E-state index contributed by atoms with van der Waals surface area (Å²) in [6.45, 7) is 0. The molecule has 0 fully saturated rings. The fourth-order valence-electron chi connectivity index (χ4n) is 0.972. The molecule has 4 nitrogen and oxygen atoms in total. The summed E-state index contributed by atoms with van der Waals surface area (Å²) in [5.74, 6) is 0.923. The highest BCUT2D eigenvalue weighted by atomic mass is 79.9. The van der Waals surface area contributed by atoms with Gasteiger partial charge in [-0.2, -0.15) is 4.98 Å². The van der Waals surface area contributed by atoms with Gasteiger partial charge in [-0.1, -0.05) is 0 Å². The molecule has 0 unspecified atom stereocenters. The van der Waals surface area contributed by atoms with E-state index in [1.165, 1.54) is 0 Å². The number of hydrogen-bond acceptors (Lipinski definition) is 5. The topological polar surface area (TPSA) is 67.6 Å². The quantitative estimate of drug-likeness (QED) is 0.792. The van der Waals surface area contributed by atoms with Crippen LogP contribution in [0.3, 0.4) is 0 Å². The summed E-state index contributed by atoms with van der Waals surface area (Å²) in [4.78, 5) is 10.7. The average molecular weight is 289 g/mol. The summed E-state index contributed by atoms with van der Waals surface area (Å²) < 4.78 is 1.28. The van der Waals surface area contributed by atoms with Gasteiger partial charge in [-0.05, 0) is 34.2 Å². The van der Waals surface area contributed by atoms with Crippen molar-refractivity contribution in [3.05, 3.63) is 20.0 Å². The number of aromatic nitrogens is 3. The Morgan fingerprint density at radius 1 is 1.50 bits per heavy atom. The Labute approximate surface area is 97.4 Å². The molecular weight excluding hydrogens is 284 g/mol. The first kappa shape index (κ1) is 9.75. The highest BCUT2D eigenvalue weighted by molar-refractivity contribution is 9.11. The lowest BCUT2D eigenvalue weighted by Gasteiger charge is -1.97. The Kier molecular flexibility index (Phi) is 2.62. The van der Waals surface area contributed by atoms with Crippen LogP contribution in [-0.4, -0.2) is 15.0 Å². The monoisotopic (exact) mass is 288 g/mol. The number of anilines is 1. The number of thiophene rings is 1. The Bertz CT molecular complexity index is 518. The van der Waals surface area contributed by atoms with Gasteiger partial charge in [0, 0.05) is 10.9 Å². The number of H-pyrrole nitrogens is 1. The molecule has 0 aliphatic heterocycles. The van der Waals surface area contributed by atoms with Gasteiger partial charge in [-0.15, -0.1) is 11.3 Å². The van der Waals surface area contributed by atoms with Crippen molar-refractivity contribution in [3.63, 3.8) is 0 Å².